The van der Waals surface area contributed by atoms with Crippen LogP contribution in [0.4, 0.5) is 0 Å². The van der Waals surface area contributed by atoms with E-state index >= 15 is 0 Å². The van der Waals surface area contributed by atoms with Crippen molar-refractivity contribution in [2.45, 2.75) is 71.9 Å². The van der Waals surface area contributed by atoms with Crippen LogP contribution in [0.15, 0.2) is 0 Å². The number of hydrogen-bond acceptors (Lipinski definition) is 2. The van der Waals surface area contributed by atoms with Gasteiger partial charge in [-0.05, 0) is 50.5 Å². The maximum atomic E-state index is 5.66. The minimum atomic E-state index is 0.529. The van der Waals surface area contributed by atoms with Crippen molar-refractivity contribution in [3.63, 3.8) is 0 Å². The zero-order chi connectivity index (χ0) is 12.7. The molecule has 0 spiro atoms. The number of ether oxygens (including phenoxy) is 1. The summed E-state index contributed by atoms with van der Waals surface area (Å²) in [5, 5.41) is 3.73. The summed E-state index contributed by atoms with van der Waals surface area (Å²) >= 11 is 0. The molecule has 0 radical (unpaired) electrons. The Morgan fingerprint density at radius 1 is 1.12 bits per heavy atom. The minimum absolute atomic E-state index is 0.529. The quantitative estimate of drug-likeness (QED) is 0.701. The van der Waals surface area contributed by atoms with E-state index in [4.69, 9.17) is 4.74 Å². The highest BCUT2D eigenvalue weighted by Gasteiger charge is 2.16. The molecule has 0 aromatic rings. The molecule has 1 atom stereocenters. The maximum absolute atomic E-state index is 5.66. The lowest BCUT2D eigenvalue weighted by molar-refractivity contribution is 0.103. The molecule has 2 heteroatoms. The predicted molar refractivity (Wildman–Crippen MR) is 74.3 cm³/mol. The highest BCUT2D eigenvalue weighted by atomic mass is 16.5. The second-order valence-electron chi connectivity index (χ2n) is 6.33. The molecule has 0 saturated carbocycles. The van der Waals surface area contributed by atoms with E-state index in [0.29, 0.717) is 12.1 Å². The summed E-state index contributed by atoms with van der Waals surface area (Å²) in [5.41, 5.74) is 0. The van der Waals surface area contributed by atoms with Gasteiger partial charge in [-0.3, -0.25) is 0 Å². The Balaban J connectivity index is 2.17. The standard InChI is InChI=1S/C15H31NO/c1-12(2)10-14(11-13(3)4)16-8-7-15-6-5-9-17-15/h12-16H,5-11H2,1-4H3. The van der Waals surface area contributed by atoms with Gasteiger partial charge in [-0.25, -0.2) is 0 Å². The van der Waals surface area contributed by atoms with Crippen LogP contribution in [0.1, 0.15) is 59.8 Å². The van der Waals surface area contributed by atoms with Crippen LogP contribution in [-0.4, -0.2) is 25.3 Å². The van der Waals surface area contributed by atoms with E-state index in [-0.39, 0.29) is 0 Å². The van der Waals surface area contributed by atoms with Gasteiger partial charge in [0.1, 0.15) is 0 Å². The van der Waals surface area contributed by atoms with Crippen LogP contribution in [0.3, 0.4) is 0 Å². The number of nitrogens with one attached hydrogen (secondary N) is 1. The smallest absolute Gasteiger partial charge is 0.0588 e. The summed E-state index contributed by atoms with van der Waals surface area (Å²) in [7, 11) is 0. The van der Waals surface area contributed by atoms with Gasteiger partial charge >= 0.3 is 0 Å². The summed E-state index contributed by atoms with van der Waals surface area (Å²) < 4.78 is 5.66. The Labute approximate surface area is 108 Å². The van der Waals surface area contributed by atoms with Gasteiger partial charge in [-0.1, -0.05) is 27.7 Å². The summed E-state index contributed by atoms with van der Waals surface area (Å²) in [5.74, 6) is 1.57. The largest absolute Gasteiger partial charge is 0.378 e. The van der Waals surface area contributed by atoms with Gasteiger partial charge in [0, 0.05) is 12.6 Å². The molecule has 1 aliphatic rings. The molecule has 0 amide bonds. The van der Waals surface area contributed by atoms with E-state index in [1.807, 2.05) is 0 Å². The fourth-order valence-corrected chi connectivity index (χ4v) is 2.72. The van der Waals surface area contributed by atoms with Gasteiger partial charge in [0.15, 0.2) is 0 Å². The van der Waals surface area contributed by atoms with Crippen LogP contribution in [0.25, 0.3) is 0 Å². The zero-order valence-electron chi connectivity index (χ0n) is 12.2. The molecular weight excluding hydrogens is 210 g/mol. The molecule has 2 nitrogen and oxygen atoms in total. The second kappa shape index (κ2) is 8.10. The molecule has 0 aromatic carbocycles. The van der Waals surface area contributed by atoms with E-state index in [2.05, 4.69) is 33.0 Å². The molecule has 0 aliphatic carbocycles. The Bertz CT molecular complexity index is 175. The van der Waals surface area contributed by atoms with Crippen LogP contribution in [-0.2, 0) is 4.74 Å². The number of hydrogen-bond donors (Lipinski definition) is 1. The summed E-state index contributed by atoms with van der Waals surface area (Å²) in [6.07, 6.45) is 6.83. The van der Waals surface area contributed by atoms with Crippen LogP contribution < -0.4 is 5.32 Å². The molecule has 1 aliphatic heterocycles. The fourth-order valence-electron chi connectivity index (χ4n) is 2.72. The Morgan fingerprint density at radius 2 is 1.76 bits per heavy atom. The van der Waals surface area contributed by atoms with Crippen LogP contribution >= 0.6 is 0 Å². The van der Waals surface area contributed by atoms with Gasteiger partial charge in [-0.2, -0.15) is 0 Å². The van der Waals surface area contributed by atoms with Crippen LogP contribution in [0.5, 0.6) is 0 Å². The molecule has 1 heterocycles. The zero-order valence-corrected chi connectivity index (χ0v) is 12.2. The van der Waals surface area contributed by atoms with Crippen molar-refractivity contribution in [3.05, 3.63) is 0 Å². The van der Waals surface area contributed by atoms with Gasteiger partial charge in [-0.15, -0.1) is 0 Å². The minimum Gasteiger partial charge on any atom is -0.378 e. The Morgan fingerprint density at radius 3 is 2.24 bits per heavy atom. The highest BCUT2D eigenvalue weighted by molar-refractivity contribution is 4.72. The molecular formula is C15H31NO. The lowest BCUT2D eigenvalue weighted by atomic mass is 9.95. The second-order valence-corrected chi connectivity index (χ2v) is 6.33. The van der Waals surface area contributed by atoms with Gasteiger partial charge in [0.05, 0.1) is 6.10 Å². The average molecular weight is 241 g/mol. The Hall–Kier alpha value is -0.0800. The maximum Gasteiger partial charge on any atom is 0.0588 e. The summed E-state index contributed by atoms with van der Waals surface area (Å²) in [4.78, 5) is 0. The van der Waals surface area contributed by atoms with Crippen molar-refractivity contribution in [1.29, 1.82) is 0 Å². The molecule has 1 rings (SSSR count). The topological polar surface area (TPSA) is 21.3 Å². The summed E-state index contributed by atoms with van der Waals surface area (Å²) in [6, 6.07) is 0.691. The molecule has 17 heavy (non-hydrogen) atoms. The molecule has 102 valence electrons. The van der Waals surface area contributed by atoms with Crippen molar-refractivity contribution in [2.75, 3.05) is 13.2 Å². The third-order valence-corrected chi connectivity index (χ3v) is 3.44. The molecule has 0 bridgehead atoms. The third kappa shape index (κ3) is 7.05. The third-order valence-electron chi connectivity index (χ3n) is 3.44. The first-order valence-electron chi connectivity index (χ1n) is 7.43. The van der Waals surface area contributed by atoms with E-state index in [0.717, 1.165) is 25.0 Å². The van der Waals surface area contributed by atoms with E-state index in [1.54, 1.807) is 0 Å². The van der Waals surface area contributed by atoms with Crippen LogP contribution in [0.2, 0.25) is 0 Å². The normalized spacial score (nSPS) is 21.0. The molecule has 1 fully saturated rings. The first-order valence-corrected chi connectivity index (χ1v) is 7.43. The number of rotatable bonds is 8. The van der Waals surface area contributed by atoms with Crippen molar-refractivity contribution in [3.8, 4) is 0 Å². The van der Waals surface area contributed by atoms with Crippen LogP contribution in [0, 0.1) is 11.8 Å². The Kier molecular flexibility index (Phi) is 7.14. The van der Waals surface area contributed by atoms with Crippen molar-refractivity contribution < 1.29 is 4.74 Å². The highest BCUT2D eigenvalue weighted by Crippen LogP contribution is 2.16. The van der Waals surface area contributed by atoms with Crippen molar-refractivity contribution >= 4 is 0 Å². The van der Waals surface area contributed by atoms with Gasteiger partial charge in [0.2, 0.25) is 0 Å². The lowest BCUT2D eigenvalue weighted by Gasteiger charge is -2.23. The first-order chi connectivity index (χ1) is 8.08. The summed E-state index contributed by atoms with van der Waals surface area (Å²) in [6.45, 7) is 11.4. The molecule has 1 unspecified atom stereocenters. The lowest BCUT2D eigenvalue weighted by Crippen LogP contribution is -2.33. The predicted octanol–water partition coefficient (Wildman–Crippen LogP) is 3.61. The SMILES string of the molecule is CC(C)CC(CC(C)C)NCCC1CCCO1. The van der Waals surface area contributed by atoms with Crippen molar-refractivity contribution in [1.82, 2.24) is 5.32 Å². The van der Waals surface area contributed by atoms with E-state index in [1.165, 1.54) is 32.1 Å². The van der Waals surface area contributed by atoms with E-state index in [9.17, 15) is 0 Å². The average Bonchev–Trinajstić information content (AvgIpc) is 2.68. The monoisotopic (exact) mass is 241 g/mol. The molecule has 0 aromatic heterocycles. The molecule has 1 N–H and O–H groups in total. The first kappa shape index (κ1) is 15.0. The van der Waals surface area contributed by atoms with E-state index < -0.39 is 0 Å². The fraction of sp³-hybridized carbons (Fsp3) is 1.00. The molecule has 1 saturated heterocycles. The van der Waals surface area contributed by atoms with Gasteiger partial charge in [0.25, 0.3) is 0 Å². The van der Waals surface area contributed by atoms with Crippen molar-refractivity contribution in [2.24, 2.45) is 11.8 Å². The van der Waals surface area contributed by atoms with Gasteiger partial charge < -0.3 is 10.1 Å².